The van der Waals surface area contributed by atoms with Gasteiger partial charge < -0.3 is 21.1 Å². The summed E-state index contributed by atoms with van der Waals surface area (Å²) in [7, 11) is 0. The van der Waals surface area contributed by atoms with Gasteiger partial charge in [0.25, 0.3) is 11.8 Å². The fourth-order valence-electron chi connectivity index (χ4n) is 3.75. The van der Waals surface area contributed by atoms with Crippen LogP contribution in [0.5, 0.6) is 0 Å². The number of carboxylic acids is 1. The first-order chi connectivity index (χ1) is 20.6. The Labute approximate surface area is 256 Å². The molecule has 4 rings (SSSR count). The molecule has 1 unspecified atom stereocenters. The topological polar surface area (TPSA) is 125 Å². The lowest BCUT2D eigenvalue weighted by Crippen LogP contribution is -2.30. The van der Waals surface area contributed by atoms with Crippen molar-refractivity contribution in [3.8, 4) is 0 Å². The Morgan fingerprint density at radius 2 is 1.51 bits per heavy atom. The van der Waals surface area contributed by atoms with Crippen molar-refractivity contribution in [3.63, 3.8) is 0 Å². The van der Waals surface area contributed by atoms with Gasteiger partial charge in [0.1, 0.15) is 11.5 Å². The van der Waals surface area contributed by atoms with Gasteiger partial charge in [-0.15, -0.1) is 11.8 Å². The lowest BCUT2D eigenvalue weighted by atomic mass is 10.1. The molecule has 0 aliphatic rings. The van der Waals surface area contributed by atoms with Crippen LogP contribution in [0.2, 0.25) is 5.02 Å². The van der Waals surface area contributed by atoms with Crippen LogP contribution in [-0.2, 0) is 9.59 Å². The Kier molecular flexibility index (Phi) is 10.3. The molecule has 1 atom stereocenters. The van der Waals surface area contributed by atoms with Gasteiger partial charge in [-0.1, -0.05) is 41.9 Å². The van der Waals surface area contributed by atoms with E-state index >= 15 is 0 Å². The number of carboxylic acid groups (broad SMARTS) is 1. The molecule has 0 aliphatic carbocycles. The van der Waals surface area contributed by atoms with Gasteiger partial charge in [0.05, 0.1) is 15.8 Å². The zero-order valence-corrected chi connectivity index (χ0v) is 24.2. The third-order valence-electron chi connectivity index (χ3n) is 5.97. The Bertz CT molecular complexity index is 1680. The molecule has 4 N–H and O–H groups in total. The molecule has 3 amide bonds. The highest BCUT2D eigenvalue weighted by Crippen LogP contribution is 2.27. The average molecular weight is 618 g/mol. The van der Waals surface area contributed by atoms with Gasteiger partial charge >= 0.3 is 5.97 Å². The van der Waals surface area contributed by atoms with Crippen molar-refractivity contribution in [2.24, 2.45) is 0 Å². The second-order valence-electron chi connectivity index (χ2n) is 9.16. The van der Waals surface area contributed by atoms with E-state index in [1.54, 1.807) is 61.5 Å². The molecule has 0 fully saturated rings. The fourth-order valence-corrected chi connectivity index (χ4v) is 4.82. The molecule has 11 heteroatoms. The summed E-state index contributed by atoms with van der Waals surface area (Å²) in [5, 5.41) is 16.8. The molecular weight excluding hydrogens is 593 g/mol. The number of hydrogen-bond donors (Lipinski definition) is 4. The van der Waals surface area contributed by atoms with E-state index in [4.69, 9.17) is 11.6 Å². The molecule has 0 aliphatic heterocycles. The summed E-state index contributed by atoms with van der Waals surface area (Å²) in [4.78, 5) is 50.7. The zero-order chi connectivity index (χ0) is 30.9. The maximum absolute atomic E-state index is 13.4. The normalized spacial score (nSPS) is 11.7. The number of aromatic carboxylic acids is 1. The van der Waals surface area contributed by atoms with Crippen LogP contribution >= 0.6 is 23.4 Å². The highest BCUT2D eigenvalue weighted by molar-refractivity contribution is 8.00. The molecule has 4 aromatic carbocycles. The standard InChI is InChI=1S/C32H25ClFN3O5S/c1-19(29(38)36-24-13-16-27(33)26(18-24)32(41)42)43-25-14-11-23(12-15-25)35-31(40)28(17-20-7-9-22(34)10-8-20)37-30(39)21-5-3-2-4-6-21/h2-19H,1H3,(H,35,40)(H,36,38)(H,37,39)(H,41,42)/b28-17-. The van der Waals surface area contributed by atoms with Crippen LogP contribution in [0.4, 0.5) is 15.8 Å². The summed E-state index contributed by atoms with van der Waals surface area (Å²) >= 11 is 7.15. The van der Waals surface area contributed by atoms with E-state index in [-0.39, 0.29) is 22.2 Å². The van der Waals surface area contributed by atoms with Crippen molar-refractivity contribution in [2.75, 3.05) is 10.6 Å². The molecule has 0 saturated heterocycles. The van der Waals surface area contributed by atoms with Crippen LogP contribution < -0.4 is 16.0 Å². The van der Waals surface area contributed by atoms with Gasteiger partial charge in [0, 0.05) is 21.8 Å². The smallest absolute Gasteiger partial charge is 0.337 e. The maximum atomic E-state index is 13.4. The number of nitrogens with one attached hydrogen (secondary N) is 3. The highest BCUT2D eigenvalue weighted by Gasteiger charge is 2.18. The number of benzene rings is 4. The van der Waals surface area contributed by atoms with E-state index in [9.17, 15) is 28.7 Å². The minimum Gasteiger partial charge on any atom is -0.478 e. The van der Waals surface area contributed by atoms with Crippen LogP contribution in [0, 0.1) is 5.82 Å². The molecule has 4 aromatic rings. The summed E-state index contributed by atoms with van der Waals surface area (Å²) in [5.41, 5.74) is 1.45. The van der Waals surface area contributed by atoms with Gasteiger partial charge in [0.15, 0.2) is 0 Å². The second-order valence-corrected chi connectivity index (χ2v) is 11.0. The first kappa shape index (κ1) is 31.0. The van der Waals surface area contributed by atoms with Gasteiger partial charge in [-0.2, -0.15) is 0 Å². The van der Waals surface area contributed by atoms with Crippen molar-refractivity contribution in [1.29, 1.82) is 0 Å². The maximum Gasteiger partial charge on any atom is 0.337 e. The number of halogens is 2. The number of rotatable bonds is 10. The van der Waals surface area contributed by atoms with Crippen LogP contribution in [0.3, 0.4) is 0 Å². The van der Waals surface area contributed by atoms with Crippen molar-refractivity contribution >= 4 is 64.5 Å². The minimum atomic E-state index is -1.20. The molecule has 8 nitrogen and oxygen atoms in total. The monoisotopic (exact) mass is 617 g/mol. The van der Waals surface area contributed by atoms with E-state index in [0.717, 1.165) is 4.90 Å². The largest absolute Gasteiger partial charge is 0.478 e. The van der Waals surface area contributed by atoms with Crippen molar-refractivity contribution in [1.82, 2.24) is 5.32 Å². The lowest BCUT2D eigenvalue weighted by Gasteiger charge is -2.14. The predicted molar refractivity (Wildman–Crippen MR) is 166 cm³/mol. The average Bonchev–Trinajstić information content (AvgIpc) is 3.00. The summed E-state index contributed by atoms with van der Waals surface area (Å²) in [6.45, 7) is 1.70. The van der Waals surface area contributed by atoms with E-state index in [0.29, 0.717) is 22.5 Å². The first-order valence-electron chi connectivity index (χ1n) is 12.8. The third kappa shape index (κ3) is 8.78. The number of carbonyl (C=O) groups is 4. The SMILES string of the molecule is CC(Sc1ccc(NC(=O)/C(=C/c2ccc(F)cc2)NC(=O)c2ccccc2)cc1)C(=O)Nc1ccc(Cl)c(C(=O)O)c1. The van der Waals surface area contributed by atoms with Crippen LogP contribution in [0.15, 0.2) is 108 Å². The molecular formula is C32H25ClFN3O5S. The fraction of sp³-hybridized carbons (Fsp3) is 0.0625. The number of carbonyl (C=O) groups excluding carboxylic acids is 3. The van der Waals surface area contributed by atoms with E-state index < -0.39 is 28.9 Å². The molecule has 43 heavy (non-hydrogen) atoms. The summed E-state index contributed by atoms with van der Waals surface area (Å²) in [6.07, 6.45) is 1.44. The minimum absolute atomic E-state index is 0.0440. The Balaban J connectivity index is 1.42. The molecule has 0 aromatic heterocycles. The van der Waals surface area contributed by atoms with E-state index in [1.165, 1.54) is 60.3 Å². The van der Waals surface area contributed by atoms with E-state index in [2.05, 4.69) is 16.0 Å². The summed E-state index contributed by atoms with van der Waals surface area (Å²) in [5.74, 6) is -3.05. The lowest BCUT2D eigenvalue weighted by molar-refractivity contribution is -0.115. The number of anilines is 2. The molecule has 0 radical (unpaired) electrons. The predicted octanol–water partition coefficient (Wildman–Crippen LogP) is 6.71. The van der Waals surface area contributed by atoms with Gasteiger partial charge in [0.2, 0.25) is 5.91 Å². The van der Waals surface area contributed by atoms with Crippen molar-refractivity contribution in [3.05, 3.63) is 130 Å². The van der Waals surface area contributed by atoms with Gasteiger partial charge in [-0.3, -0.25) is 14.4 Å². The molecule has 0 saturated carbocycles. The summed E-state index contributed by atoms with van der Waals surface area (Å²) < 4.78 is 13.4. The highest BCUT2D eigenvalue weighted by atomic mass is 35.5. The van der Waals surface area contributed by atoms with Crippen LogP contribution in [0.25, 0.3) is 6.08 Å². The Morgan fingerprint density at radius 1 is 0.860 bits per heavy atom. The zero-order valence-electron chi connectivity index (χ0n) is 22.6. The molecule has 218 valence electrons. The Morgan fingerprint density at radius 3 is 2.16 bits per heavy atom. The molecule has 0 spiro atoms. The first-order valence-corrected chi connectivity index (χ1v) is 14.1. The van der Waals surface area contributed by atoms with Crippen molar-refractivity contribution in [2.45, 2.75) is 17.1 Å². The summed E-state index contributed by atoms with van der Waals surface area (Å²) in [6, 6.07) is 24.8. The van der Waals surface area contributed by atoms with Crippen LogP contribution in [0.1, 0.15) is 33.2 Å². The second kappa shape index (κ2) is 14.3. The number of hydrogen-bond acceptors (Lipinski definition) is 5. The quantitative estimate of drug-likeness (QED) is 0.116. The number of thioether (sulfide) groups is 1. The van der Waals surface area contributed by atoms with Gasteiger partial charge in [-0.05, 0) is 85.3 Å². The van der Waals surface area contributed by atoms with Gasteiger partial charge in [-0.25, -0.2) is 9.18 Å². The Hall–Kier alpha value is -4.93. The third-order valence-corrected chi connectivity index (χ3v) is 7.41. The molecule has 0 heterocycles. The van der Waals surface area contributed by atoms with Crippen molar-refractivity contribution < 1.29 is 28.7 Å². The molecule has 0 bridgehead atoms. The number of amides is 3. The van der Waals surface area contributed by atoms with Crippen LogP contribution in [-0.4, -0.2) is 34.0 Å². The van der Waals surface area contributed by atoms with E-state index in [1.807, 2.05) is 0 Å².